The molecule has 0 bridgehead atoms. The van der Waals surface area contributed by atoms with Crippen LogP contribution in [-0.2, 0) is 28.6 Å². The summed E-state index contributed by atoms with van der Waals surface area (Å²) in [5.74, 6) is -5.00. The highest BCUT2D eigenvalue weighted by Gasteiger charge is 2.77. The standard InChI is InChI=1S/C31H40O10/c1-8-29(6)15-19(34)23-30(7)20(14-21(39-16(2)32)31(23,38)27(29)37)28(4,5)24(35)22(40-17(3)33)25(30)41-26(36)18-12-10-9-11-13-18/h8-13,19-25,34-35,38H,1,14-15H2,2-7H3. The maximum Gasteiger partial charge on any atom is 0.338 e. The maximum absolute atomic E-state index is 14.2. The summed E-state index contributed by atoms with van der Waals surface area (Å²) in [6, 6.07) is 8.08. The Morgan fingerprint density at radius 1 is 0.976 bits per heavy atom. The fraction of sp³-hybridized carbons (Fsp3) is 0.613. The van der Waals surface area contributed by atoms with Gasteiger partial charge in [0, 0.05) is 30.6 Å². The third-order valence-corrected chi connectivity index (χ3v) is 9.92. The molecule has 0 aromatic heterocycles. The molecule has 0 radical (unpaired) electrons. The molecule has 3 aliphatic carbocycles. The number of hydrogen-bond acceptors (Lipinski definition) is 10. The third-order valence-electron chi connectivity index (χ3n) is 9.92. The van der Waals surface area contributed by atoms with Crippen LogP contribution in [-0.4, -0.2) is 75.1 Å². The number of ether oxygens (including phenoxy) is 3. The molecule has 10 unspecified atom stereocenters. The topological polar surface area (TPSA) is 157 Å². The van der Waals surface area contributed by atoms with Gasteiger partial charge in [-0.05, 0) is 43.2 Å². The van der Waals surface area contributed by atoms with Gasteiger partial charge in [-0.3, -0.25) is 14.4 Å². The molecule has 3 N–H and O–H groups in total. The third kappa shape index (κ3) is 4.60. The van der Waals surface area contributed by atoms with E-state index in [-0.39, 0.29) is 18.4 Å². The number of carbonyl (C=O) groups is 4. The van der Waals surface area contributed by atoms with Gasteiger partial charge in [-0.2, -0.15) is 0 Å². The molecule has 10 nitrogen and oxygen atoms in total. The first kappa shape index (κ1) is 30.9. The molecular formula is C31H40O10. The maximum atomic E-state index is 14.2. The summed E-state index contributed by atoms with van der Waals surface area (Å²) in [5.41, 5.74) is -6.14. The average Bonchev–Trinajstić information content (AvgIpc) is 2.89. The number of allylic oxidation sites excluding steroid dienone is 1. The van der Waals surface area contributed by atoms with Crippen LogP contribution in [0, 0.1) is 28.1 Å². The predicted octanol–water partition coefficient (Wildman–Crippen LogP) is 2.38. The number of ketones is 1. The zero-order chi connectivity index (χ0) is 30.7. The van der Waals surface area contributed by atoms with Crippen molar-refractivity contribution >= 4 is 23.7 Å². The van der Waals surface area contributed by atoms with E-state index in [4.69, 9.17) is 14.2 Å². The van der Waals surface area contributed by atoms with Crippen molar-refractivity contribution in [1.29, 1.82) is 0 Å². The number of fused-ring (bicyclic) bond motifs is 3. The van der Waals surface area contributed by atoms with Crippen LogP contribution in [0.1, 0.15) is 64.7 Å². The highest BCUT2D eigenvalue weighted by atomic mass is 16.6. The van der Waals surface area contributed by atoms with Crippen molar-refractivity contribution < 1.29 is 48.7 Å². The van der Waals surface area contributed by atoms with Crippen LogP contribution in [0.15, 0.2) is 43.0 Å². The van der Waals surface area contributed by atoms with Gasteiger partial charge in [0.05, 0.1) is 11.7 Å². The summed E-state index contributed by atoms with van der Waals surface area (Å²) in [6.07, 6.45) is -5.78. The van der Waals surface area contributed by atoms with Crippen molar-refractivity contribution in [2.24, 2.45) is 28.1 Å². The number of rotatable bonds is 5. The molecule has 0 saturated heterocycles. The van der Waals surface area contributed by atoms with E-state index >= 15 is 0 Å². The van der Waals surface area contributed by atoms with Gasteiger partial charge in [0.25, 0.3) is 0 Å². The molecule has 1 aromatic carbocycles. The molecule has 0 heterocycles. The number of hydrogen-bond donors (Lipinski definition) is 3. The van der Waals surface area contributed by atoms with E-state index in [1.165, 1.54) is 18.2 Å². The molecule has 0 aliphatic heterocycles. The van der Waals surface area contributed by atoms with E-state index in [0.29, 0.717) is 0 Å². The fourth-order valence-electron chi connectivity index (χ4n) is 8.05. The number of aliphatic hydroxyl groups is 3. The fourth-order valence-corrected chi connectivity index (χ4v) is 8.05. The Balaban J connectivity index is 1.98. The normalized spacial score (nSPS) is 41.3. The van der Waals surface area contributed by atoms with Gasteiger partial charge in [-0.25, -0.2) is 4.79 Å². The van der Waals surface area contributed by atoms with Crippen LogP contribution >= 0.6 is 0 Å². The van der Waals surface area contributed by atoms with Crippen LogP contribution in [0.2, 0.25) is 0 Å². The van der Waals surface area contributed by atoms with E-state index in [1.807, 2.05) is 0 Å². The monoisotopic (exact) mass is 572 g/mol. The summed E-state index contributed by atoms with van der Waals surface area (Å²) in [6.45, 7) is 12.7. The predicted molar refractivity (Wildman–Crippen MR) is 145 cm³/mol. The van der Waals surface area contributed by atoms with E-state index in [2.05, 4.69) is 6.58 Å². The molecule has 10 heteroatoms. The molecule has 0 spiro atoms. The zero-order valence-electron chi connectivity index (χ0n) is 24.3. The zero-order valence-corrected chi connectivity index (χ0v) is 24.3. The van der Waals surface area contributed by atoms with E-state index in [9.17, 15) is 34.5 Å². The van der Waals surface area contributed by atoms with E-state index in [0.717, 1.165) is 13.8 Å². The Morgan fingerprint density at radius 2 is 1.56 bits per heavy atom. The van der Waals surface area contributed by atoms with E-state index in [1.54, 1.807) is 45.9 Å². The van der Waals surface area contributed by atoms with Gasteiger partial charge in [0.1, 0.15) is 18.3 Å². The van der Waals surface area contributed by atoms with Gasteiger partial charge >= 0.3 is 17.9 Å². The summed E-state index contributed by atoms with van der Waals surface area (Å²) in [4.78, 5) is 52.2. The molecule has 3 fully saturated rings. The molecule has 3 aliphatic rings. The molecular weight excluding hydrogens is 532 g/mol. The van der Waals surface area contributed by atoms with Crippen molar-refractivity contribution in [1.82, 2.24) is 0 Å². The van der Waals surface area contributed by atoms with Crippen LogP contribution in [0.5, 0.6) is 0 Å². The quantitative estimate of drug-likeness (QED) is 0.272. The lowest BCUT2D eigenvalue weighted by Gasteiger charge is -2.68. The lowest BCUT2D eigenvalue weighted by atomic mass is 9.39. The average molecular weight is 573 g/mol. The highest BCUT2D eigenvalue weighted by molar-refractivity contribution is 5.96. The lowest BCUT2D eigenvalue weighted by Crippen LogP contribution is -2.80. The minimum atomic E-state index is -2.42. The lowest BCUT2D eigenvalue weighted by molar-refractivity contribution is -0.313. The summed E-state index contributed by atoms with van der Waals surface area (Å²) in [5, 5.41) is 35.8. The molecule has 1 aromatic rings. The van der Waals surface area contributed by atoms with Gasteiger partial charge in [-0.15, -0.1) is 6.58 Å². The number of aliphatic hydroxyl groups excluding tert-OH is 2. The van der Waals surface area contributed by atoms with Crippen molar-refractivity contribution in [3.05, 3.63) is 48.6 Å². The van der Waals surface area contributed by atoms with Gasteiger partial charge < -0.3 is 29.5 Å². The van der Waals surface area contributed by atoms with E-state index < -0.39 is 87.9 Å². The van der Waals surface area contributed by atoms with Crippen molar-refractivity contribution in [2.75, 3.05) is 0 Å². The van der Waals surface area contributed by atoms with Crippen LogP contribution in [0.25, 0.3) is 0 Å². The minimum absolute atomic E-state index is 0.106. The number of Topliss-reactive ketones (excluding diaryl/α,β-unsaturated/α-hetero) is 1. The summed E-state index contributed by atoms with van der Waals surface area (Å²) in [7, 11) is 0. The molecule has 4 rings (SSSR count). The van der Waals surface area contributed by atoms with Gasteiger partial charge in [-0.1, -0.05) is 45.0 Å². The Bertz CT molecular complexity index is 1240. The van der Waals surface area contributed by atoms with Crippen LogP contribution in [0.3, 0.4) is 0 Å². The Morgan fingerprint density at radius 3 is 2.10 bits per heavy atom. The number of esters is 3. The first-order valence-corrected chi connectivity index (χ1v) is 13.8. The first-order chi connectivity index (χ1) is 19.0. The second-order valence-electron chi connectivity index (χ2n) is 12.8. The van der Waals surface area contributed by atoms with Crippen molar-refractivity contribution in [3.8, 4) is 0 Å². The number of benzene rings is 1. The molecule has 41 heavy (non-hydrogen) atoms. The minimum Gasteiger partial charge on any atom is -0.459 e. The van der Waals surface area contributed by atoms with Gasteiger partial charge in [0.2, 0.25) is 0 Å². The van der Waals surface area contributed by atoms with Crippen molar-refractivity contribution in [2.45, 2.75) is 90.5 Å². The highest BCUT2D eigenvalue weighted by Crippen LogP contribution is 2.67. The second kappa shape index (κ2) is 10.3. The van der Waals surface area contributed by atoms with Gasteiger partial charge in [0.15, 0.2) is 17.5 Å². The molecule has 10 atom stereocenters. The molecule has 3 saturated carbocycles. The Hall–Kier alpha value is -3.08. The van der Waals surface area contributed by atoms with Crippen LogP contribution in [0.4, 0.5) is 0 Å². The van der Waals surface area contributed by atoms with Crippen molar-refractivity contribution in [3.63, 3.8) is 0 Å². The smallest absolute Gasteiger partial charge is 0.338 e. The summed E-state index contributed by atoms with van der Waals surface area (Å²) < 4.78 is 17.3. The molecule has 224 valence electrons. The SMILES string of the molecule is C=CC1(C)CC(O)C2C(O)(C1=O)C(OC(C)=O)CC1C(C)(C)C(O)C(OC(C)=O)C(OC(=O)c3ccccc3)C12C. The Kier molecular flexibility index (Phi) is 7.77. The number of carbonyl (C=O) groups excluding carboxylic acids is 4. The van der Waals surface area contributed by atoms with Crippen LogP contribution < -0.4 is 0 Å². The second-order valence-corrected chi connectivity index (χ2v) is 12.8. The molecule has 0 amide bonds. The Labute approximate surface area is 239 Å². The summed E-state index contributed by atoms with van der Waals surface area (Å²) >= 11 is 0. The largest absolute Gasteiger partial charge is 0.459 e. The first-order valence-electron chi connectivity index (χ1n) is 13.8.